The first-order chi connectivity index (χ1) is 7.82. The van der Waals surface area contributed by atoms with Crippen LogP contribution >= 0.6 is 34.5 Å². The zero-order chi connectivity index (χ0) is 13.2. The molecule has 1 unspecified atom stereocenters. The van der Waals surface area contributed by atoms with Crippen LogP contribution in [0.1, 0.15) is 31.1 Å². The molecule has 17 heavy (non-hydrogen) atoms. The number of carbonyl (C=O) groups excluding carboxylic acids is 1. The number of amides is 1. The molecule has 0 aliphatic heterocycles. The van der Waals surface area contributed by atoms with Crippen molar-refractivity contribution in [1.82, 2.24) is 4.90 Å². The van der Waals surface area contributed by atoms with Gasteiger partial charge in [-0.2, -0.15) is 0 Å². The van der Waals surface area contributed by atoms with Gasteiger partial charge in [-0.1, -0.05) is 23.2 Å². The lowest BCUT2D eigenvalue weighted by atomic mass is 10.2. The Bertz CT molecular complexity index is 404. The van der Waals surface area contributed by atoms with E-state index in [0.717, 1.165) is 0 Å². The number of aliphatic hydroxyl groups excluding tert-OH is 1. The van der Waals surface area contributed by atoms with E-state index in [1.165, 1.54) is 11.3 Å². The third-order valence-corrected chi connectivity index (χ3v) is 3.72. The van der Waals surface area contributed by atoms with Crippen molar-refractivity contribution in [2.75, 3.05) is 6.54 Å². The van der Waals surface area contributed by atoms with Crippen molar-refractivity contribution in [3.8, 4) is 0 Å². The summed E-state index contributed by atoms with van der Waals surface area (Å²) in [6.07, 6.45) is -0.575. The highest BCUT2D eigenvalue weighted by Crippen LogP contribution is 2.32. The van der Waals surface area contributed by atoms with Crippen molar-refractivity contribution in [3.63, 3.8) is 0 Å². The van der Waals surface area contributed by atoms with Crippen molar-refractivity contribution in [2.24, 2.45) is 0 Å². The highest BCUT2D eigenvalue weighted by Gasteiger charge is 2.23. The fourth-order valence-corrected chi connectivity index (χ4v) is 2.90. The zero-order valence-electron chi connectivity index (χ0n) is 9.91. The Morgan fingerprint density at radius 2 is 2.06 bits per heavy atom. The minimum Gasteiger partial charge on any atom is -0.392 e. The van der Waals surface area contributed by atoms with Gasteiger partial charge in [0.15, 0.2) is 0 Å². The van der Waals surface area contributed by atoms with Crippen molar-refractivity contribution < 1.29 is 9.90 Å². The van der Waals surface area contributed by atoms with Crippen molar-refractivity contribution in [3.05, 3.63) is 20.3 Å². The Balaban J connectivity index is 2.95. The van der Waals surface area contributed by atoms with Gasteiger partial charge in [0, 0.05) is 12.6 Å². The molecule has 0 spiro atoms. The van der Waals surface area contributed by atoms with Crippen LogP contribution in [-0.4, -0.2) is 34.6 Å². The van der Waals surface area contributed by atoms with E-state index in [9.17, 15) is 9.90 Å². The van der Waals surface area contributed by atoms with E-state index in [1.807, 2.05) is 13.8 Å². The predicted molar refractivity (Wildman–Crippen MR) is 72.2 cm³/mol. The number of thiophene rings is 1. The molecule has 0 saturated carbocycles. The lowest BCUT2D eigenvalue weighted by Gasteiger charge is -2.27. The second kappa shape index (κ2) is 6.05. The first kappa shape index (κ1) is 14.8. The van der Waals surface area contributed by atoms with Crippen molar-refractivity contribution >= 4 is 40.4 Å². The first-order valence-electron chi connectivity index (χ1n) is 5.26. The largest absolute Gasteiger partial charge is 0.392 e. The van der Waals surface area contributed by atoms with Crippen LogP contribution in [0.15, 0.2) is 6.07 Å². The van der Waals surface area contributed by atoms with Gasteiger partial charge in [0.2, 0.25) is 0 Å². The van der Waals surface area contributed by atoms with Crippen LogP contribution < -0.4 is 0 Å². The van der Waals surface area contributed by atoms with Gasteiger partial charge in [0.05, 0.1) is 16.0 Å². The number of hydrogen-bond donors (Lipinski definition) is 1. The smallest absolute Gasteiger partial charge is 0.256 e. The Hall–Kier alpha value is -0.290. The molecule has 1 amide bonds. The van der Waals surface area contributed by atoms with Gasteiger partial charge in [0.1, 0.15) is 4.34 Å². The number of halogens is 2. The summed E-state index contributed by atoms with van der Waals surface area (Å²) in [6, 6.07) is 1.56. The van der Waals surface area contributed by atoms with E-state index in [4.69, 9.17) is 23.2 Å². The highest BCUT2D eigenvalue weighted by molar-refractivity contribution is 7.20. The van der Waals surface area contributed by atoms with Crippen LogP contribution in [0.4, 0.5) is 0 Å². The first-order valence-corrected chi connectivity index (χ1v) is 6.84. The molecule has 6 heteroatoms. The van der Waals surface area contributed by atoms with E-state index >= 15 is 0 Å². The Morgan fingerprint density at radius 1 is 1.47 bits per heavy atom. The molecule has 1 aromatic heterocycles. The van der Waals surface area contributed by atoms with E-state index in [2.05, 4.69) is 0 Å². The molecule has 0 saturated heterocycles. The number of hydrogen-bond acceptors (Lipinski definition) is 3. The molecule has 96 valence electrons. The summed E-state index contributed by atoms with van der Waals surface area (Å²) in [5.41, 5.74) is 0.399. The summed E-state index contributed by atoms with van der Waals surface area (Å²) in [4.78, 5) is 13.8. The van der Waals surface area contributed by atoms with Gasteiger partial charge in [-0.3, -0.25) is 4.79 Å². The molecule has 1 rings (SSSR count). The minimum atomic E-state index is -0.575. The number of aliphatic hydroxyl groups is 1. The summed E-state index contributed by atoms with van der Waals surface area (Å²) in [5.74, 6) is -0.200. The number of nitrogens with zero attached hydrogens (tertiary/aromatic N) is 1. The predicted octanol–water partition coefficient (Wildman–Crippen LogP) is 3.29. The molecule has 1 heterocycles. The SMILES string of the molecule is CC(O)CN(C(=O)c1cc(Cl)sc1Cl)C(C)C. The van der Waals surface area contributed by atoms with Crippen LogP contribution in [0.2, 0.25) is 8.67 Å². The average Bonchev–Trinajstić information content (AvgIpc) is 2.52. The lowest BCUT2D eigenvalue weighted by molar-refractivity contribution is 0.0579. The van der Waals surface area contributed by atoms with Crippen LogP contribution in [-0.2, 0) is 0 Å². The molecule has 1 aromatic rings. The maximum absolute atomic E-state index is 12.2. The molecular weight excluding hydrogens is 281 g/mol. The molecule has 3 nitrogen and oxygen atoms in total. The Labute approximate surface area is 115 Å². The molecule has 0 bridgehead atoms. The summed E-state index contributed by atoms with van der Waals surface area (Å²) >= 11 is 12.9. The van der Waals surface area contributed by atoms with E-state index in [1.54, 1.807) is 17.9 Å². The minimum absolute atomic E-state index is 0.00755. The second-order valence-corrected chi connectivity index (χ2v) is 6.42. The topological polar surface area (TPSA) is 40.5 Å². The lowest BCUT2D eigenvalue weighted by Crippen LogP contribution is -2.41. The van der Waals surface area contributed by atoms with Crippen LogP contribution in [0.3, 0.4) is 0 Å². The fraction of sp³-hybridized carbons (Fsp3) is 0.545. The summed E-state index contributed by atoms with van der Waals surface area (Å²) < 4.78 is 0.871. The second-order valence-electron chi connectivity index (χ2n) is 4.14. The van der Waals surface area contributed by atoms with E-state index < -0.39 is 6.10 Å². The molecule has 0 aliphatic rings. The third kappa shape index (κ3) is 3.85. The van der Waals surface area contributed by atoms with Gasteiger partial charge in [-0.15, -0.1) is 11.3 Å². The molecule has 0 fully saturated rings. The summed E-state index contributed by atoms with van der Waals surface area (Å²) in [5, 5.41) is 9.39. The number of rotatable bonds is 4. The van der Waals surface area contributed by atoms with Crippen molar-refractivity contribution in [1.29, 1.82) is 0 Å². The van der Waals surface area contributed by atoms with E-state index in [0.29, 0.717) is 14.2 Å². The van der Waals surface area contributed by atoms with E-state index in [-0.39, 0.29) is 18.5 Å². The standard InChI is InChI=1S/C11H15Cl2NO2S/c1-6(2)14(5-7(3)15)11(16)8-4-9(12)17-10(8)13/h4,6-7,15H,5H2,1-3H3. The maximum atomic E-state index is 12.2. The van der Waals surface area contributed by atoms with Gasteiger partial charge in [-0.25, -0.2) is 0 Å². The van der Waals surface area contributed by atoms with Gasteiger partial charge >= 0.3 is 0 Å². The highest BCUT2D eigenvalue weighted by atomic mass is 35.5. The van der Waals surface area contributed by atoms with Gasteiger partial charge < -0.3 is 10.0 Å². The number of carbonyl (C=O) groups is 1. The van der Waals surface area contributed by atoms with Crippen molar-refractivity contribution in [2.45, 2.75) is 32.9 Å². The molecule has 1 N–H and O–H groups in total. The fourth-order valence-electron chi connectivity index (χ4n) is 1.45. The monoisotopic (exact) mass is 295 g/mol. The van der Waals surface area contributed by atoms with Crippen LogP contribution in [0, 0.1) is 0 Å². The average molecular weight is 296 g/mol. The van der Waals surface area contributed by atoms with Crippen LogP contribution in [0.5, 0.6) is 0 Å². The van der Waals surface area contributed by atoms with Crippen LogP contribution in [0.25, 0.3) is 0 Å². The quantitative estimate of drug-likeness (QED) is 0.926. The zero-order valence-corrected chi connectivity index (χ0v) is 12.2. The third-order valence-electron chi connectivity index (χ3n) is 2.23. The molecule has 0 radical (unpaired) electrons. The maximum Gasteiger partial charge on any atom is 0.256 e. The molecule has 1 atom stereocenters. The summed E-state index contributed by atoms with van der Waals surface area (Å²) in [6.45, 7) is 5.70. The Kier molecular flexibility index (Phi) is 5.25. The van der Waals surface area contributed by atoms with Gasteiger partial charge in [0.25, 0.3) is 5.91 Å². The summed E-state index contributed by atoms with van der Waals surface area (Å²) in [7, 11) is 0. The molecule has 0 aliphatic carbocycles. The normalized spacial score (nSPS) is 12.9. The van der Waals surface area contributed by atoms with Gasteiger partial charge in [-0.05, 0) is 26.8 Å². The Morgan fingerprint density at radius 3 is 2.41 bits per heavy atom. The molecular formula is C11H15Cl2NO2S. The molecule has 0 aromatic carbocycles.